The summed E-state index contributed by atoms with van der Waals surface area (Å²) >= 11 is 36.8. The van der Waals surface area contributed by atoms with E-state index in [-0.39, 0.29) is 0 Å². The summed E-state index contributed by atoms with van der Waals surface area (Å²) in [5, 5.41) is 11.7. The van der Waals surface area contributed by atoms with Crippen molar-refractivity contribution in [1.82, 2.24) is 4.98 Å². The molecule has 3 rings (SSSR count). The lowest BCUT2D eigenvalue weighted by Gasteiger charge is -2.13. The average Bonchev–Trinajstić information content (AvgIpc) is 2.60. The molecule has 3 aromatic rings. The summed E-state index contributed by atoms with van der Waals surface area (Å²) < 4.78 is 0. The van der Waals surface area contributed by atoms with E-state index in [1.165, 1.54) is 24.5 Å². The molecule has 0 spiro atoms. The number of pyridine rings is 1. The van der Waals surface area contributed by atoms with Crippen molar-refractivity contribution in [3.05, 3.63) is 72.4 Å². The molecule has 0 aliphatic rings. The Kier molecular flexibility index (Phi) is 5.89. The normalized spacial score (nSPS) is 10.7. The van der Waals surface area contributed by atoms with Crippen LogP contribution in [0.2, 0.25) is 30.1 Å². The summed E-state index contributed by atoms with van der Waals surface area (Å²) in [6.45, 7) is 0. The molecular weight excluding hydrogens is 457 g/mol. The molecule has 0 aliphatic heterocycles. The lowest BCUT2D eigenvalue weighted by Crippen LogP contribution is -1.94. The van der Waals surface area contributed by atoms with E-state index in [9.17, 15) is 5.26 Å². The number of hydrogen-bond donors (Lipinski definition) is 0. The SMILES string of the molecule is N#Cc1c(-c2cc(Cl)c(Cl)cc2Cl)cncc1-c1cc(Cl)c(Cl)cc1Cl. The van der Waals surface area contributed by atoms with Gasteiger partial charge in [-0.3, -0.25) is 4.98 Å². The van der Waals surface area contributed by atoms with E-state index < -0.39 is 0 Å². The third-order valence-electron chi connectivity index (χ3n) is 3.66. The highest BCUT2D eigenvalue weighted by Crippen LogP contribution is 2.41. The Balaban J connectivity index is 2.30. The van der Waals surface area contributed by atoms with Gasteiger partial charge in [-0.05, 0) is 24.3 Å². The fourth-order valence-corrected chi connectivity index (χ4v) is 3.74. The molecule has 0 atom stereocenters. The average molecular weight is 463 g/mol. The number of hydrogen-bond acceptors (Lipinski definition) is 2. The number of rotatable bonds is 2. The Hall–Kier alpha value is -1.18. The molecule has 2 nitrogen and oxygen atoms in total. The number of nitriles is 1. The van der Waals surface area contributed by atoms with Crippen molar-refractivity contribution < 1.29 is 0 Å². The highest BCUT2D eigenvalue weighted by atomic mass is 35.5. The van der Waals surface area contributed by atoms with Crippen molar-refractivity contribution in [1.29, 1.82) is 5.26 Å². The van der Waals surface area contributed by atoms with Crippen LogP contribution in [0.1, 0.15) is 5.56 Å². The molecule has 0 radical (unpaired) electrons. The van der Waals surface area contributed by atoms with Gasteiger partial charge in [0.2, 0.25) is 0 Å². The topological polar surface area (TPSA) is 36.7 Å². The third kappa shape index (κ3) is 3.62. The van der Waals surface area contributed by atoms with Crippen LogP contribution < -0.4 is 0 Å². The molecule has 0 N–H and O–H groups in total. The first-order chi connectivity index (χ1) is 12.3. The van der Waals surface area contributed by atoms with E-state index in [2.05, 4.69) is 11.1 Å². The molecule has 8 heteroatoms. The maximum atomic E-state index is 9.77. The van der Waals surface area contributed by atoms with Gasteiger partial charge in [0, 0.05) is 34.6 Å². The Labute approximate surface area is 179 Å². The molecular formula is C18H6Cl6N2. The van der Waals surface area contributed by atoms with Gasteiger partial charge in [-0.15, -0.1) is 0 Å². The smallest absolute Gasteiger partial charge is 0.101 e. The first kappa shape index (κ1) is 19.6. The van der Waals surface area contributed by atoms with E-state index >= 15 is 0 Å². The maximum absolute atomic E-state index is 9.77. The monoisotopic (exact) mass is 460 g/mol. The van der Waals surface area contributed by atoms with Crippen molar-refractivity contribution in [2.24, 2.45) is 0 Å². The van der Waals surface area contributed by atoms with E-state index in [0.717, 1.165) is 0 Å². The molecule has 0 aliphatic carbocycles. The number of benzene rings is 2. The zero-order chi connectivity index (χ0) is 19.0. The van der Waals surface area contributed by atoms with Gasteiger partial charge in [0.1, 0.15) is 6.07 Å². The lowest BCUT2D eigenvalue weighted by molar-refractivity contribution is 1.31. The van der Waals surface area contributed by atoms with E-state index in [1.54, 1.807) is 12.1 Å². The fourth-order valence-electron chi connectivity index (χ4n) is 2.45. The molecule has 1 aromatic heterocycles. The van der Waals surface area contributed by atoms with Gasteiger partial charge < -0.3 is 0 Å². The first-order valence-electron chi connectivity index (χ1n) is 7.01. The van der Waals surface area contributed by atoms with Gasteiger partial charge in [0.15, 0.2) is 0 Å². The van der Waals surface area contributed by atoms with Gasteiger partial charge in [0.05, 0.1) is 35.7 Å². The summed E-state index contributed by atoms with van der Waals surface area (Å²) in [7, 11) is 0. The Morgan fingerprint density at radius 2 is 0.962 bits per heavy atom. The van der Waals surface area contributed by atoms with Crippen LogP contribution in [0.4, 0.5) is 0 Å². The maximum Gasteiger partial charge on any atom is 0.101 e. The van der Waals surface area contributed by atoms with Gasteiger partial charge in [-0.25, -0.2) is 0 Å². The van der Waals surface area contributed by atoms with E-state index in [1.807, 2.05) is 0 Å². The number of aromatic nitrogens is 1. The second-order valence-corrected chi connectivity index (χ2v) is 7.66. The standard InChI is InChI=1S/C18H6Cl6N2/c19-13-3-17(23)15(21)1-8(13)11-6-26-7-12(10(11)5-25)9-2-16(22)18(24)4-14(9)20/h1-4,6-7H. The Morgan fingerprint density at radius 3 is 1.35 bits per heavy atom. The van der Waals surface area contributed by atoms with Crippen LogP contribution in [-0.4, -0.2) is 4.98 Å². The van der Waals surface area contributed by atoms with Crippen molar-refractivity contribution in [2.75, 3.05) is 0 Å². The van der Waals surface area contributed by atoms with Crippen molar-refractivity contribution in [2.45, 2.75) is 0 Å². The molecule has 0 saturated carbocycles. The predicted molar refractivity (Wildman–Crippen MR) is 110 cm³/mol. The molecule has 130 valence electrons. The van der Waals surface area contributed by atoms with Crippen LogP contribution in [0, 0.1) is 11.3 Å². The molecule has 0 bridgehead atoms. The van der Waals surface area contributed by atoms with Gasteiger partial charge in [0.25, 0.3) is 0 Å². The van der Waals surface area contributed by atoms with Crippen molar-refractivity contribution in [3.8, 4) is 28.3 Å². The molecule has 0 fully saturated rings. The second kappa shape index (κ2) is 7.82. The van der Waals surface area contributed by atoms with Crippen LogP contribution in [-0.2, 0) is 0 Å². The van der Waals surface area contributed by atoms with Crippen LogP contribution in [0.5, 0.6) is 0 Å². The summed E-state index contributed by atoms with van der Waals surface area (Å²) in [6.07, 6.45) is 3.05. The van der Waals surface area contributed by atoms with Gasteiger partial charge in [-0.1, -0.05) is 69.6 Å². The predicted octanol–water partition coefficient (Wildman–Crippen LogP) is 8.21. The molecule has 0 unspecified atom stereocenters. The lowest BCUT2D eigenvalue weighted by atomic mass is 9.95. The first-order valence-corrected chi connectivity index (χ1v) is 9.28. The largest absolute Gasteiger partial charge is 0.263 e. The summed E-state index contributed by atoms with van der Waals surface area (Å²) in [5.41, 5.74) is 2.37. The highest BCUT2D eigenvalue weighted by Gasteiger charge is 2.18. The molecule has 1 heterocycles. The molecule has 0 saturated heterocycles. The van der Waals surface area contributed by atoms with Crippen LogP contribution >= 0.6 is 69.6 Å². The highest BCUT2D eigenvalue weighted by molar-refractivity contribution is 6.44. The summed E-state index contributed by atoms with van der Waals surface area (Å²) in [4.78, 5) is 4.21. The fraction of sp³-hybridized carbons (Fsp3) is 0. The van der Waals surface area contributed by atoms with Crippen LogP contribution in [0.3, 0.4) is 0 Å². The Bertz CT molecular complexity index is 997. The van der Waals surface area contributed by atoms with Crippen molar-refractivity contribution >= 4 is 69.6 Å². The summed E-state index contributed by atoms with van der Waals surface area (Å²) in [6, 6.07) is 8.38. The number of halogens is 6. The van der Waals surface area contributed by atoms with E-state index in [0.29, 0.717) is 58.0 Å². The minimum Gasteiger partial charge on any atom is -0.263 e. The van der Waals surface area contributed by atoms with Crippen LogP contribution in [0.15, 0.2) is 36.7 Å². The van der Waals surface area contributed by atoms with Crippen LogP contribution in [0.25, 0.3) is 22.3 Å². The minimum absolute atomic E-state index is 0.313. The zero-order valence-corrected chi connectivity index (χ0v) is 17.2. The second-order valence-electron chi connectivity index (χ2n) is 5.21. The summed E-state index contributed by atoms with van der Waals surface area (Å²) in [5.74, 6) is 0. The zero-order valence-electron chi connectivity index (χ0n) is 12.6. The Morgan fingerprint density at radius 1 is 0.577 bits per heavy atom. The molecule has 26 heavy (non-hydrogen) atoms. The minimum atomic E-state index is 0.313. The third-order valence-corrected chi connectivity index (χ3v) is 5.73. The molecule has 2 aromatic carbocycles. The quantitative estimate of drug-likeness (QED) is 0.360. The van der Waals surface area contributed by atoms with Gasteiger partial charge >= 0.3 is 0 Å². The van der Waals surface area contributed by atoms with E-state index in [4.69, 9.17) is 69.6 Å². The van der Waals surface area contributed by atoms with Gasteiger partial charge in [-0.2, -0.15) is 5.26 Å². The van der Waals surface area contributed by atoms with Crippen molar-refractivity contribution in [3.63, 3.8) is 0 Å². The number of nitrogens with zero attached hydrogens (tertiary/aromatic N) is 2. The molecule has 0 amide bonds.